The van der Waals surface area contributed by atoms with E-state index in [-0.39, 0.29) is 12.2 Å². The summed E-state index contributed by atoms with van der Waals surface area (Å²) in [5.41, 5.74) is 1.24. The molecule has 1 aliphatic carbocycles. The van der Waals surface area contributed by atoms with E-state index in [2.05, 4.69) is 17.4 Å². The number of nitrogens with one attached hydrogen (secondary N) is 1. The lowest BCUT2D eigenvalue weighted by Crippen LogP contribution is -2.41. The minimum absolute atomic E-state index is 0.187. The van der Waals surface area contributed by atoms with Gasteiger partial charge in [0.15, 0.2) is 0 Å². The molecule has 0 bridgehead atoms. The Morgan fingerprint density at radius 1 is 1.16 bits per heavy atom. The fraction of sp³-hybridized carbons (Fsp3) is 0.625. The Kier molecular flexibility index (Phi) is 3.76. The number of benzene rings is 1. The van der Waals surface area contributed by atoms with Crippen molar-refractivity contribution in [3.05, 3.63) is 29.8 Å². The predicted octanol–water partition coefficient (Wildman–Crippen LogP) is 2.91. The lowest BCUT2D eigenvalue weighted by Gasteiger charge is -2.31. The van der Waals surface area contributed by atoms with Gasteiger partial charge >= 0.3 is 0 Å². The summed E-state index contributed by atoms with van der Waals surface area (Å²) in [5, 5.41) is 3.50. The van der Waals surface area contributed by atoms with Crippen LogP contribution in [0.4, 0.5) is 0 Å². The van der Waals surface area contributed by atoms with Crippen LogP contribution in [0.2, 0.25) is 0 Å². The van der Waals surface area contributed by atoms with Crippen LogP contribution in [0.3, 0.4) is 0 Å². The molecule has 0 aromatic heterocycles. The molecule has 2 atom stereocenters. The molecule has 1 heterocycles. The van der Waals surface area contributed by atoms with E-state index in [4.69, 9.17) is 9.47 Å². The van der Waals surface area contributed by atoms with Gasteiger partial charge in [-0.05, 0) is 50.3 Å². The Bertz CT molecular complexity index is 411. The van der Waals surface area contributed by atoms with E-state index < -0.39 is 0 Å². The predicted molar refractivity (Wildman–Crippen MR) is 75.4 cm³/mol. The molecular weight excluding hydrogens is 238 g/mol. The summed E-state index contributed by atoms with van der Waals surface area (Å²) in [5.74, 6) is 1.72. The molecule has 3 nitrogen and oxygen atoms in total. The van der Waals surface area contributed by atoms with Crippen molar-refractivity contribution in [2.75, 3.05) is 13.1 Å². The maximum absolute atomic E-state index is 6.21. The Morgan fingerprint density at radius 3 is 2.53 bits per heavy atom. The molecule has 1 saturated heterocycles. The second-order valence-corrected chi connectivity index (χ2v) is 5.89. The quantitative estimate of drug-likeness (QED) is 0.904. The molecule has 19 heavy (non-hydrogen) atoms. The van der Waals surface area contributed by atoms with E-state index in [1.54, 1.807) is 0 Å². The van der Waals surface area contributed by atoms with Crippen molar-refractivity contribution in [1.82, 2.24) is 5.32 Å². The van der Waals surface area contributed by atoms with Gasteiger partial charge in [0.25, 0.3) is 0 Å². The van der Waals surface area contributed by atoms with Crippen LogP contribution in [-0.4, -0.2) is 25.3 Å². The molecule has 0 spiro atoms. The highest BCUT2D eigenvalue weighted by Crippen LogP contribution is 2.37. The van der Waals surface area contributed by atoms with Gasteiger partial charge in [-0.2, -0.15) is 0 Å². The Labute approximate surface area is 115 Å². The first kappa shape index (κ1) is 12.9. The molecule has 0 amide bonds. The van der Waals surface area contributed by atoms with Crippen LogP contribution in [0.15, 0.2) is 24.3 Å². The molecule has 2 fully saturated rings. The van der Waals surface area contributed by atoms with Crippen LogP contribution in [-0.2, 0) is 4.74 Å². The fourth-order valence-electron chi connectivity index (χ4n) is 2.64. The van der Waals surface area contributed by atoms with Gasteiger partial charge in [-0.15, -0.1) is 0 Å². The van der Waals surface area contributed by atoms with Gasteiger partial charge in [0.1, 0.15) is 5.75 Å². The first-order valence-electron chi connectivity index (χ1n) is 7.35. The van der Waals surface area contributed by atoms with E-state index >= 15 is 0 Å². The van der Waals surface area contributed by atoms with Gasteiger partial charge in [0, 0.05) is 13.1 Å². The SMILES string of the molecule is CC(C)Oc1ccc(C2CNCC(C3CC3)O2)cc1. The smallest absolute Gasteiger partial charge is 0.119 e. The van der Waals surface area contributed by atoms with Crippen molar-refractivity contribution >= 4 is 0 Å². The molecule has 2 aliphatic rings. The van der Waals surface area contributed by atoms with Crippen molar-refractivity contribution in [2.24, 2.45) is 5.92 Å². The molecule has 1 aromatic carbocycles. The second kappa shape index (κ2) is 5.51. The van der Waals surface area contributed by atoms with Gasteiger partial charge in [-0.1, -0.05) is 12.1 Å². The summed E-state index contributed by atoms with van der Waals surface area (Å²) in [6, 6.07) is 8.33. The standard InChI is InChI=1S/C16H23NO2/c1-11(2)18-14-7-5-13(6-8-14)16-10-17-9-15(19-16)12-3-4-12/h5-8,11-12,15-17H,3-4,9-10H2,1-2H3. The third-order valence-corrected chi connectivity index (χ3v) is 3.79. The van der Waals surface area contributed by atoms with Crippen LogP contribution in [0.5, 0.6) is 5.75 Å². The largest absolute Gasteiger partial charge is 0.491 e. The van der Waals surface area contributed by atoms with Crippen molar-refractivity contribution in [3.8, 4) is 5.75 Å². The molecule has 1 aliphatic heterocycles. The summed E-state index contributed by atoms with van der Waals surface area (Å²) in [6.45, 7) is 6.01. The third-order valence-electron chi connectivity index (χ3n) is 3.79. The van der Waals surface area contributed by atoms with Crippen LogP contribution in [0, 0.1) is 5.92 Å². The highest BCUT2D eigenvalue weighted by Gasteiger charge is 2.35. The topological polar surface area (TPSA) is 30.5 Å². The average molecular weight is 261 g/mol. The lowest BCUT2D eigenvalue weighted by atomic mass is 10.1. The van der Waals surface area contributed by atoms with Gasteiger partial charge < -0.3 is 14.8 Å². The number of rotatable bonds is 4. The fourth-order valence-corrected chi connectivity index (χ4v) is 2.64. The van der Waals surface area contributed by atoms with Crippen molar-refractivity contribution in [1.29, 1.82) is 0 Å². The van der Waals surface area contributed by atoms with Gasteiger partial charge in [-0.3, -0.25) is 0 Å². The molecule has 1 N–H and O–H groups in total. The van der Waals surface area contributed by atoms with Gasteiger partial charge in [0.2, 0.25) is 0 Å². The zero-order valence-electron chi connectivity index (χ0n) is 11.8. The molecule has 104 valence electrons. The van der Waals surface area contributed by atoms with E-state index in [0.717, 1.165) is 24.8 Å². The van der Waals surface area contributed by atoms with Crippen molar-refractivity contribution in [2.45, 2.75) is 45.0 Å². The Balaban J connectivity index is 1.64. The van der Waals surface area contributed by atoms with Gasteiger partial charge in [0.05, 0.1) is 18.3 Å². The highest BCUT2D eigenvalue weighted by molar-refractivity contribution is 5.29. The zero-order valence-corrected chi connectivity index (χ0v) is 11.8. The maximum Gasteiger partial charge on any atom is 0.119 e. The highest BCUT2D eigenvalue weighted by atomic mass is 16.5. The van der Waals surface area contributed by atoms with Gasteiger partial charge in [-0.25, -0.2) is 0 Å². The van der Waals surface area contributed by atoms with E-state index in [0.29, 0.717) is 6.10 Å². The summed E-state index contributed by atoms with van der Waals surface area (Å²) in [6.07, 6.45) is 3.48. The molecule has 1 aromatic rings. The summed E-state index contributed by atoms with van der Waals surface area (Å²) in [4.78, 5) is 0. The first-order chi connectivity index (χ1) is 9.22. The minimum Gasteiger partial charge on any atom is -0.491 e. The van der Waals surface area contributed by atoms with Crippen LogP contribution < -0.4 is 10.1 Å². The van der Waals surface area contributed by atoms with Crippen LogP contribution >= 0.6 is 0 Å². The average Bonchev–Trinajstić information content (AvgIpc) is 3.23. The molecule has 1 saturated carbocycles. The normalized spacial score (nSPS) is 27.5. The van der Waals surface area contributed by atoms with Crippen molar-refractivity contribution in [3.63, 3.8) is 0 Å². The lowest BCUT2D eigenvalue weighted by molar-refractivity contribution is -0.0493. The third kappa shape index (κ3) is 3.28. The van der Waals surface area contributed by atoms with Crippen molar-refractivity contribution < 1.29 is 9.47 Å². The monoisotopic (exact) mass is 261 g/mol. The van der Waals surface area contributed by atoms with E-state index in [1.807, 2.05) is 26.0 Å². The number of hydrogen-bond donors (Lipinski definition) is 1. The molecular formula is C16H23NO2. The molecule has 3 rings (SSSR count). The second-order valence-electron chi connectivity index (χ2n) is 5.89. The zero-order chi connectivity index (χ0) is 13.2. The summed E-state index contributed by atoms with van der Waals surface area (Å²) in [7, 11) is 0. The summed E-state index contributed by atoms with van der Waals surface area (Å²) >= 11 is 0. The molecule has 3 heteroatoms. The number of hydrogen-bond acceptors (Lipinski definition) is 3. The van der Waals surface area contributed by atoms with Crippen LogP contribution in [0.25, 0.3) is 0 Å². The Hall–Kier alpha value is -1.06. The van der Waals surface area contributed by atoms with E-state index in [9.17, 15) is 0 Å². The number of ether oxygens (including phenoxy) is 2. The number of morpholine rings is 1. The maximum atomic E-state index is 6.21. The molecule has 0 radical (unpaired) electrons. The molecule has 2 unspecified atom stereocenters. The first-order valence-corrected chi connectivity index (χ1v) is 7.35. The Morgan fingerprint density at radius 2 is 1.89 bits per heavy atom. The summed E-state index contributed by atoms with van der Waals surface area (Å²) < 4.78 is 11.9. The van der Waals surface area contributed by atoms with E-state index in [1.165, 1.54) is 18.4 Å². The minimum atomic E-state index is 0.187. The van der Waals surface area contributed by atoms with Crippen LogP contribution in [0.1, 0.15) is 38.4 Å².